The zero-order valence-electron chi connectivity index (χ0n) is 30.1. The van der Waals surface area contributed by atoms with E-state index in [1.54, 1.807) is 0 Å². The summed E-state index contributed by atoms with van der Waals surface area (Å²) in [4.78, 5) is 15.2. The number of aromatic nitrogens is 3. The van der Waals surface area contributed by atoms with Crippen molar-refractivity contribution in [3.8, 4) is 67.5 Å². The molecule has 3 nitrogen and oxygen atoms in total. The van der Waals surface area contributed by atoms with Crippen LogP contribution in [0.2, 0.25) is 0 Å². The molecule has 5 heteroatoms. The Morgan fingerprint density at radius 3 is 1.48 bits per heavy atom. The Morgan fingerprint density at radius 2 is 0.768 bits per heavy atom. The highest BCUT2D eigenvalue weighted by Gasteiger charge is 2.21. The Morgan fingerprint density at radius 1 is 0.268 bits per heavy atom. The van der Waals surface area contributed by atoms with Gasteiger partial charge in [-0.15, -0.1) is 22.7 Å². The van der Waals surface area contributed by atoms with Gasteiger partial charge in [-0.3, -0.25) is 0 Å². The van der Waals surface area contributed by atoms with Gasteiger partial charge in [0.15, 0.2) is 17.5 Å². The number of thiophene rings is 2. The first-order valence-corrected chi connectivity index (χ1v) is 20.3. The van der Waals surface area contributed by atoms with Crippen LogP contribution in [0.3, 0.4) is 0 Å². The Hall–Kier alpha value is -6.79. The van der Waals surface area contributed by atoms with E-state index in [-0.39, 0.29) is 0 Å². The van der Waals surface area contributed by atoms with Crippen molar-refractivity contribution in [3.63, 3.8) is 0 Å². The molecule has 11 aromatic rings. The van der Waals surface area contributed by atoms with Crippen LogP contribution in [-0.2, 0) is 0 Å². The molecule has 0 aliphatic rings. The molecule has 0 atom stereocenters. The van der Waals surface area contributed by atoms with Crippen LogP contribution in [-0.4, -0.2) is 15.0 Å². The van der Waals surface area contributed by atoms with E-state index in [0.29, 0.717) is 17.5 Å². The van der Waals surface area contributed by atoms with Crippen LogP contribution in [0.5, 0.6) is 0 Å². The van der Waals surface area contributed by atoms with Crippen molar-refractivity contribution in [2.45, 2.75) is 0 Å². The third-order valence-electron chi connectivity index (χ3n) is 10.6. The lowest BCUT2D eigenvalue weighted by Crippen LogP contribution is -2.00. The third-order valence-corrected chi connectivity index (χ3v) is 13.0. The lowest BCUT2D eigenvalue weighted by atomic mass is 9.92. The first kappa shape index (κ1) is 32.6. The number of nitrogens with zero attached hydrogens (tertiary/aromatic N) is 3. The van der Waals surface area contributed by atoms with Crippen LogP contribution in [0.1, 0.15) is 0 Å². The summed E-state index contributed by atoms with van der Waals surface area (Å²) in [6, 6.07) is 66.7. The van der Waals surface area contributed by atoms with E-state index in [9.17, 15) is 0 Å². The van der Waals surface area contributed by atoms with Crippen molar-refractivity contribution < 1.29 is 0 Å². The van der Waals surface area contributed by atoms with Gasteiger partial charge in [0.1, 0.15) is 0 Å². The van der Waals surface area contributed by atoms with E-state index >= 15 is 0 Å². The molecule has 0 fully saturated rings. The van der Waals surface area contributed by atoms with Gasteiger partial charge >= 0.3 is 0 Å². The molecule has 0 radical (unpaired) electrons. The molecule has 0 amide bonds. The van der Waals surface area contributed by atoms with Crippen molar-refractivity contribution in [3.05, 3.63) is 188 Å². The average Bonchev–Trinajstić information content (AvgIpc) is 3.86. The second kappa shape index (κ2) is 13.5. The number of hydrogen-bond acceptors (Lipinski definition) is 5. The van der Waals surface area contributed by atoms with E-state index in [0.717, 1.165) is 16.7 Å². The van der Waals surface area contributed by atoms with E-state index in [2.05, 4.69) is 152 Å². The summed E-state index contributed by atoms with van der Waals surface area (Å²) in [7, 11) is 0. The lowest BCUT2D eigenvalue weighted by molar-refractivity contribution is 1.08. The van der Waals surface area contributed by atoms with Gasteiger partial charge in [-0.05, 0) is 46.0 Å². The number of fused-ring (bicyclic) bond motifs is 6. The summed E-state index contributed by atoms with van der Waals surface area (Å²) in [6.45, 7) is 0. The first-order valence-electron chi connectivity index (χ1n) is 18.7. The van der Waals surface area contributed by atoms with Crippen LogP contribution in [0, 0.1) is 0 Å². The Kier molecular flexibility index (Phi) is 7.87. The molecule has 0 aliphatic heterocycles. The van der Waals surface area contributed by atoms with Gasteiger partial charge in [-0.1, -0.05) is 170 Å². The maximum atomic E-state index is 5.11. The molecule has 0 aliphatic carbocycles. The fourth-order valence-corrected chi connectivity index (χ4v) is 10.4. The predicted octanol–water partition coefficient (Wildman–Crippen LogP) is 14.6. The highest BCUT2D eigenvalue weighted by atomic mass is 32.1. The third kappa shape index (κ3) is 5.51. The van der Waals surface area contributed by atoms with Gasteiger partial charge in [0, 0.05) is 62.6 Å². The molecular weight excluding hydrogens is 719 g/mol. The summed E-state index contributed by atoms with van der Waals surface area (Å²) >= 11 is 3.69. The SMILES string of the molecule is c1ccc(-c2ccc(-c3ccc(-c4cccc5sc6c(-c7nc(-c8ccccc8)nc(-c8ccccc8)n7)cccc6c45)c4sc5ccccc5c34)cc2)cc1. The van der Waals surface area contributed by atoms with E-state index in [1.165, 1.54) is 73.7 Å². The first-order chi connectivity index (χ1) is 27.8. The van der Waals surface area contributed by atoms with Gasteiger partial charge in [0.05, 0.1) is 0 Å². The monoisotopic (exact) mass is 749 g/mol. The minimum absolute atomic E-state index is 0.662. The van der Waals surface area contributed by atoms with Gasteiger partial charge in [-0.25, -0.2) is 15.0 Å². The van der Waals surface area contributed by atoms with Gasteiger partial charge in [-0.2, -0.15) is 0 Å². The van der Waals surface area contributed by atoms with Crippen LogP contribution < -0.4 is 0 Å². The Balaban J connectivity index is 1.10. The number of hydrogen-bond donors (Lipinski definition) is 0. The van der Waals surface area contributed by atoms with Crippen molar-refractivity contribution in [2.24, 2.45) is 0 Å². The van der Waals surface area contributed by atoms with Gasteiger partial charge < -0.3 is 0 Å². The normalized spacial score (nSPS) is 11.6. The molecule has 3 aromatic heterocycles. The largest absolute Gasteiger partial charge is 0.208 e. The maximum Gasteiger partial charge on any atom is 0.165 e. The highest BCUT2D eigenvalue weighted by Crippen LogP contribution is 2.49. The van der Waals surface area contributed by atoms with Gasteiger partial charge in [0.25, 0.3) is 0 Å². The molecule has 11 rings (SSSR count). The van der Waals surface area contributed by atoms with Crippen LogP contribution in [0.15, 0.2) is 188 Å². The second-order valence-electron chi connectivity index (χ2n) is 13.9. The molecule has 0 unspecified atom stereocenters. The predicted molar refractivity (Wildman–Crippen MR) is 238 cm³/mol. The Bertz CT molecular complexity index is 3170. The molecule has 8 aromatic carbocycles. The molecule has 3 heterocycles. The molecule has 0 saturated heterocycles. The van der Waals surface area contributed by atoms with Crippen molar-refractivity contribution in [1.29, 1.82) is 0 Å². The van der Waals surface area contributed by atoms with Crippen LogP contribution >= 0.6 is 22.7 Å². The molecule has 56 heavy (non-hydrogen) atoms. The van der Waals surface area contributed by atoms with Crippen LogP contribution in [0.25, 0.3) is 108 Å². The summed E-state index contributed by atoms with van der Waals surface area (Å²) in [5.74, 6) is 2.00. The second-order valence-corrected chi connectivity index (χ2v) is 16.0. The number of rotatable bonds is 6. The molecule has 0 saturated carbocycles. The van der Waals surface area contributed by atoms with Crippen molar-refractivity contribution in [1.82, 2.24) is 15.0 Å². The quantitative estimate of drug-likeness (QED) is 0.170. The number of benzene rings is 8. The molecule has 0 bridgehead atoms. The van der Waals surface area contributed by atoms with Gasteiger partial charge in [0.2, 0.25) is 0 Å². The smallest absolute Gasteiger partial charge is 0.165 e. The van der Waals surface area contributed by atoms with E-state index in [1.807, 2.05) is 59.1 Å². The zero-order valence-corrected chi connectivity index (χ0v) is 31.7. The van der Waals surface area contributed by atoms with E-state index in [4.69, 9.17) is 15.0 Å². The standard InChI is InChI=1S/C51H31N3S2/c1-4-14-32(15-5-1)33-26-28-34(29-27-33)37-30-31-39(48-46(37)40-20-10-11-24-43(40)55-48)38-21-13-25-44-45(38)41-22-12-23-42(47(41)56-44)51-53-49(35-16-6-2-7-17-35)52-50(54-51)36-18-8-3-9-19-36/h1-31H. The fraction of sp³-hybridized carbons (Fsp3) is 0. The summed E-state index contributed by atoms with van der Waals surface area (Å²) in [5, 5.41) is 5.06. The fourth-order valence-electron chi connectivity index (χ4n) is 7.93. The van der Waals surface area contributed by atoms with E-state index < -0.39 is 0 Å². The minimum Gasteiger partial charge on any atom is -0.208 e. The van der Waals surface area contributed by atoms with Crippen molar-refractivity contribution >= 4 is 63.0 Å². The zero-order chi connectivity index (χ0) is 37.0. The molecule has 0 spiro atoms. The summed E-state index contributed by atoms with van der Waals surface area (Å²) in [5.41, 5.74) is 10.3. The highest BCUT2D eigenvalue weighted by molar-refractivity contribution is 7.27. The Labute approximate surface area is 331 Å². The average molecular weight is 750 g/mol. The summed E-state index contributed by atoms with van der Waals surface area (Å²) in [6.07, 6.45) is 0. The molecule has 0 N–H and O–H groups in total. The minimum atomic E-state index is 0.662. The molecular formula is C51H31N3S2. The molecule has 262 valence electrons. The van der Waals surface area contributed by atoms with Crippen LogP contribution in [0.4, 0.5) is 0 Å². The van der Waals surface area contributed by atoms with Crippen molar-refractivity contribution in [2.75, 3.05) is 0 Å². The summed E-state index contributed by atoms with van der Waals surface area (Å²) < 4.78 is 5.00. The topological polar surface area (TPSA) is 38.7 Å². The maximum absolute atomic E-state index is 5.11. The lowest BCUT2D eigenvalue weighted by Gasteiger charge is -2.12.